The molecule has 1 rings (SSSR count). The monoisotopic (exact) mass is 178 g/mol. The lowest BCUT2D eigenvalue weighted by molar-refractivity contribution is -0.192. The first-order chi connectivity index (χ1) is 5.57. The van der Waals surface area contributed by atoms with E-state index in [2.05, 4.69) is 4.74 Å². The molecule has 6 nitrogen and oxygen atoms in total. The van der Waals surface area contributed by atoms with Gasteiger partial charge in [0, 0.05) is 0 Å². The minimum Gasteiger partial charge on any atom is -0.394 e. The molecule has 1 aliphatic heterocycles. The van der Waals surface area contributed by atoms with Crippen LogP contribution in [0, 0.1) is 6.29 Å². The van der Waals surface area contributed by atoms with Crippen LogP contribution in [0.25, 0.3) is 0 Å². The highest BCUT2D eigenvalue weighted by atomic mass is 16.6. The number of aliphatic hydroxyl groups excluding tert-OH is 4. The Morgan fingerprint density at radius 3 is 2.42 bits per heavy atom. The van der Waals surface area contributed by atoms with Gasteiger partial charge in [0.25, 0.3) is 0 Å². The van der Waals surface area contributed by atoms with Crippen molar-refractivity contribution >= 4 is 0 Å². The van der Waals surface area contributed by atoms with Crippen molar-refractivity contribution in [3.8, 4) is 0 Å². The van der Waals surface area contributed by atoms with Gasteiger partial charge < -0.3 is 30.9 Å². The highest BCUT2D eigenvalue weighted by Gasteiger charge is 2.42. The van der Waals surface area contributed by atoms with E-state index in [-0.39, 0.29) is 0 Å². The quantitative estimate of drug-likeness (QED) is 0.298. The standard InChI is InChI=1S/C6H12NO5/c7-3-5(10)4(9)2(1-8)12-6(3)11/h2-5,8-11H,1,7H2/t2-,3-,4-,5-/m1/s1. The van der Waals surface area contributed by atoms with E-state index in [0.717, 1.165) is 0 Å². The van der Waals surface area contributed by atoms with Crippen LogP contribution >= 0.6 is 0 Å². The van der Waals surface area contributed by atoms with Crippen LogP contribution in [-0.4, -0.2) is 51.4 Å². The zero-order valence-corrected chi connectivity index (χ0v) is 6.29. The predicted octanol–water partition coefficient (Wildman–Crippen LogP) is -2.71. The molecule has 6 N–H and O–H groups in total. The Morgan fingerprint density at radius 1 is 1.33 bits per heavy atom. The Labute approximate surface area is 69.2 Å². The van der Waals surface area contributed by atoms with Gasteiger partial charge in [-0.15, -0.1) is 0 Å². The second-order valence-corrected chi connectivity index (χ2v) is 2.68. The predicted molar refractivity (Wildman–Crippen MR) is 37.1 cm³/mol. The van der Waals surface area contributed by atoms with Crippen LogP contribution in [0.5, 0.6) is 0 Å². The molecule has 0 bridgehead atoms. The smallest absolute Gasteiger partial charge is 0.241 e. The molecular weight excluding hydrogens is 166 g/mol. The van der Waals surface area contributed by atoms with Crippen LogP contribution in [0.15, 0.2) is 0 Å². The Hall–Kier alpha value is -0.240. The summed E-state index contributed by atoms with van der Waals surface area (Å²) < 4.78 is 4.62. The minimum absolute atomic E-state index is 0.491. The first-order valence-electron chi connectivity index (χ1n) is 3.53. The van der Waals surface area contributed by atoms with Gasteiger partial charge in [0.1, 0.15) is 18.3 Å². The molecule has 0 aromatic rings. The maximum absolute atomic E-state index is 9.19. The summed E-state index contributed by atoms with van der Waals surface area (Å²) in [6, 6.07) is -1.12. The average Bonchev–Trinajstić information content (AvgIpc) is 2.08. The van der Waals surface area contributed by atoms with Gasteiger partial charge >= 0.3 is 0 Å². The van der Waals surface area contributed by atoms with Gasteiger partial charge in [0.15, 0.2) is 0 Å². The van der Waals surface area contributed by atoms with Crippen molar-refractivity contribution in [2.45, 2.75) is 24.4 Å². The Bertz CT molecular complexity index is 150. The van der Waals surface area contributed by atoms with E-state index in [0.29, 0.717) is 0 Å². The summed E-state index contributed by atoms with van der Waals surface area (Å²) in [4.78, 5) is 0. The average molecular weight is 178 g/mol. The normalized spacial score (nSPS) is 44.8. The molecule has 0 spiro atoms. The van der Waals surface area contributed by atoms with E-state index >= 15 is 0 Å². The van der Waals surface area contributed by atoms with Crippen LogP contribution in [0.2, 0.25) is 0 Å². The molecule has 1 aliphatic rings. The Morgan fingerprint density at radius 2 is 1.92 bits per heavy atom. The SMILES string of the molecule is N[C@H]1[C](O)O[C@H](CO)[C@@H](O)[C@@H]1O. The molecule has 0 aromatic heterocycles. The number of rotatable bonds is 1. The molecule has 0 saturated carbocycles. The molecule has 1 fully saturated rings. The van der Waals surface area contributed by atoms with Crippen molar-refractivity contribution in [2.24, 2.45) is 5.73 Å². The molecule has 1 heterocycles. The van der Waals surface area contributed by atoms with Crippen molar-refractivity contribution < 1.29 is 25.2 Å². The fourth-order valence-corrected chi connectivity index (χ4v) is 1.03. The number of ether oxygens (including phenoxy) is 1. The van der Waals surface area contributed by atoms with Gasteiger partial charge in [-0.3, -0.25) is 0 Å². The van der Waals surface area contributed by atoms with Crippen LogP contribution in [0.4, 0.5) is 0 Å². The fourth-order valence-electron chi connectivity index (χ4n) is 1.03. The van der Waals surface area contributed by atoms with E-state index in [1.807, 2.05) is 0 Å². The molecule has 6 heteroatoms. The first kappa shape index (κ1) is 9.85. The van der Waals surface area contributed by atoms with Crippen LogP contribution in [0.1, 0.15) is 0 Å². The highest BCUT2D eigenvalue weighted by molar-refractivity contribution is 4.98. The lowest BCUT2D eigenvalue weighted by Crippen LogP contribution is -2.58. The topological polar surface area (TPSA) is 116 Å². The van der Waals surface area contributed by atoms with Gasteiger partial charge in [-0.25, -0.2) is 0 Å². The van der Waals surface area contributed by atoms with Crippen molar-refractivity contribution in [3.63, 3.8) is 0 Å². The molecule has 0 amide bonds. The molecule has 0 aliphatic carbocycles. The molecule has 1 saturated heterocycles. The van der Waals surface area contributed by atoms with Crippen LogP contribution in [-0.2, 0) is 4.74 Å². The third-order valence-corrected chi connectivity index (χ3v) is 1.84. The van der Waals surface area contributed by atoms with E-state index in [4.69, 9.17) is 15.9 Å². The lowest BCUT2D eigenvalue weighted by Gasteiger charge is -2.37. The van der Waals surface area contributed by atoms with Crippen molar-refractivity contribution in [1.29, 1.82) is 0 Å². The molecule has 71 valence electrons. The van der Waals surface area contributed by atoms with Gasteiger partial charge in [-0.2, -0.15) is 0 Å². The number of hydrogen-bond acceptors (Lipinski definition) is 6. The van der Waals surface area contributed by atoms with Crippen LogP contribution < -0.4 is 5.73 Å². The summed E-state index contributed by atoms with van der Waals surface area (Å²) in [6.07, 6.45) is -4.16. The highest BCUT2D eigenvalue weighted by Crippen LogP contribution is 2.22. The molecule has 0 aromatic carbocycles. The summed E-state index contributed by atoms with van der Waals surface area (Å²) in [5.41, 5.74) is 5.23. The maximum atomic E-state index is 9.19. The minimum atomic E-state index is -1.31. The van der Waals surface area contributed by atoms with Gasteiger partial charge in [-0.1, -0.05) is 0 Å². The fraction of sp³-hybridized carbons (Fsp3) is 0.833. The van der Waals surface area contributed by atoms with Crippen LogP contribution in [0.3, 0.4) is 0 Å². The molecule has 12 heavy (non-hydrogen) atoms. The molecule has 4 atom stereocenters. The number of hydrogen-bond donors (Lipinski definition) is 5. The number of aliphatic hydroxyl groups is 4. The van der Waals surface area contributed by atoms with E-state index in [1.54, 1.807) is 0 Å². The Balaban J connectivity index is 2.63. The third-order valence-electron chi connectivity index (χ3n) is 1.84. The van der Waals surface area contributed by atoms with E-state index in [1.165, 1.54) is 0 Å². The molecule has 1 radical (unpaired) electrons. The van der Waals surface area contributed by atoms with E-state index in [9.17, 15) is 10.2 Å². The largest absolute Gasteiger partial charge is 0.394 e. The molecular formula is C6H12NO5. The van der Waals surface area contributed by atoms with Gasteiger partial charge in [-0.05, 0) is 0 Å². The van der Waals surface area contributed by atoms with E-state index < -0.39 is 37.3 Å². The molecule has 0 unspecified atom stereocenters. The summed E-state index contributed by atoms with van der Waals surface area (Å²) in [5, 5.41) is 35.9. The van der Waals surface area contributed by atoms with Crippen molar-refractivity contribution in [3.05, 3.63) is 6.29 Å². The van der Waals surface area contributed by atoms with Crippen molar-refractivity contribution in [2.75, 3.05) is 6.61 Å². The number of nitrogens with two attached hydrogens (primary N) is 1. The zero-order chi connectivity index (χ0) is 9.30. The van der Waals surface area contributed by atoms with Gasteiger partial charge in [0.2, 0.25) is 6.29 Å². The summed E-state index contributed by atoms with van der Waals surface area (Å²) >= 11 is 0. The summed E-state index contributed by atoms with van der Waals surface area (Å²) in [5.74, 6) is 0. The second-order valence-electron chi connectivity index (χ2n) is 2.68. The third kappa shape index (κ3) is 1.58. The maximum Gasteiger partial charge on any atom is 0.241 e. The second kappa shape index (κ2) is 3.65. The summed E-state index contributed by atoms with van der Waals surface area (Å²) in [7, 11) is 0. The zero-order valence-electron chi connectivity index (χ0n) is 6.29. The van der Waals surface area contributed by atoms with Crippen molar-refractivity contribution in [1.82, 2.24) is 0 Å². The summed E-state index contributed by atoms with van der Waals surface area (Å²) in [6.45, 7) is -0.491. The first-order valence-corrected chi connectivity index (χ1v) is 3.53. The lowest BCUT2D eigenvalue weighted by atomic mass is 9.98. The van der Waals surface area contributed by atoms with Gasteiger partial charge in [0.05, 0.1) is 12.6 Å². The Kier molecular flexibility index (Phi) is 2.99.